The number of nitrogens with one attached hydrogen (secondary N) is 1. The Morgan fingerprint density at radius 1 is 1.39 bits per heavy atom. The molecule has 13 nitrogen and oxygen atoms in total. The van der Waals surface area contributed by atoms with Crippen molar-refractivity contribution in [2.45, 2.75) is 24.8 Å². The highest BCUT2D eigenvalue weighted by molar-refractivity contribution is 8.00. The largest absolute Gasteiger partial charge is 0.477 e. The summed E-state index contributed by atoms with van der Waals surface area (Å²) in [6.07, 6.45) is -0.432. The van der Waals surface area contributed by atoms with Gasteiger partial charge >= 0.3 is 11.9 Å². The predicted molar refractivity (Wildman–Crippen MR) is 116 cm³/mol. The number of thiazole rings is 1. The summed E-state index contributed by atoms with van der Waals surface area (Å²) in [6, 6.07) is -1.02. The van der Waals surface area contributed by atoms with E-state index in [2.05, 4.69) is 15.5 Å². The topological polar surface area (TPSA) is 191 Å². The number of carbonyl (C=O) groups is 5. The highest BCUT2D eigenvalue weighted by atomic mass is 32.2. The van der Waals surface area contributed by atoms with Crippen molar-refractivity contribution < 1.29 is 38.7 Å². The first-order chi connectivity index (χ1) is 15.6. The van der Waals surface area contributed by atoms with E-state index in [1.165, 1.54) is 31.2 Å². The standard InChI is InChI=1S/C18H19N5O8S2/c1-7(24)3-10(25)31-4-8-5-32-16-12(15(27)23(16)13(8)17(28)29)21-14(26)11(22-30-2)9-6-33-18(19)20-9/h6,12,16H,3-5H2,1-2H3,(H2,19,20)(H,21,26)(H,28,29)/b22-11-/t12?,16-/m0/s1. The molecule has 0 radical (unpaired) electrons. The van der Waals surface area contributed by atoms with Gasteiger partial charge in [0.25, 0.3) is 11.8 Å². The first-order valence-corrected chi connectivity index (χ1v) is 11.2. The average Bonchev–Trinajstić information content (AvgIpc) is 3.18. The number of oxime groups is 1. The van der Waals surface area contributed by atoms with Crippen molar-refractivity contribution in [1.29, 1.82) is 0 Å². The normalized spacial score (nSPS) is 20.0. The fourth-order valence-corrected chi connectivity index (χ4v) is 4.99. The van der Waals surface area contributed by atoms with Gasteiger partial charge in [0.15, 0.2) is 10.8 Å². The van der Waals surface area contributed by atoms with E-state index < -0.39 is 47.4 Å². The zero-order valence-corrected chi connectivity index (χ0v) is 19.0. The van der Waals surface area contributed by atoms with Gasteiger partial charge in [0.05, 0.1) is 0 Å². The van der Waals surface area contributed by atoms with Gasteiger partial charge in [-0.15, -0.1) is 23.1 Å². The number of hydrogen-bond donors (Lipinski definition) is 3. The van der Waals surface area contributed by atoms with Gasteiger partial charge in [-0.05, 0) is 6.92 Å². The molecule has 1 saturated heterocycles. The van der Waals surface area contributed by atoms with Crippen LogP contribution in [0, 0.1) is 0 Å². The van der Waals surface area contributed by atoms with Gasteiger partial charge in [-0.2, -0.15) is 0 Å². The molecule has 3 rings (SSSR count). The van der Waals surface area contributed by atoms with E-state index in [0.717, 1.165) is 16.2 Å². The quantitative estimate of drug-likeness (QED) is 0.129. The minimum Gasteiger partial charge on any atom is -0.477 e. The number of rotatable bonds is 9. The molecule has 176 valence electrons. The van der Waals surface area contributed by atoms with Crippen LogP contribution in [0.15, 0.2) is 21.8 Å². The third-order valence-corrected chi connectivity index (χ3v) is 6.51. The molecule has 3 heterocycles. The number of Topliss-reactive ketones (excluding diaryl/α,β-unsaturated/α-hetero) is 1. The number of amides is 2. The Bertz CT molecular complexity index is 1080. The molecule has 0 aliphatic carbocycles. The summed E-state index contributed by atoms with van der Waals surface area (Å²) in [7, 11) is 1.24. The first-order valence-electron chi connectivity index (χ1n) is 9.32. The van der Waals surface area contributed by atoms with Crippen molar-refractivity contribution in [3.8, 4) is 0 Å². The Kier molecular flexibility index (Phi) is 7.33. The van der Waals surface area contributed by atoms with Crippen LogP contribution in [0.2, 0.25) is 0 Å². The minimum atomic E-state index is -1.38. The fourth-order valence-electron chi connectivity index (χ4n) is 3.12. The summed E-state index contributed by atoms with van der Waals surface area (Å²) in [5.74, 6) is -3.82. The number of nitrogens with zero attached hydrogens (tertiary/aromatic N) is 3. The number of aliphatic carboxylic acids is 1. The van der Waals surface area contributed by atoms with Crippen molar-refractivity contribution in [2.75, 3.05) is 25.2 Å². The van der Waals surface area contributed by atoms with Crippen molar-refractivity contribution in [2.24, 2.45) is 5.16 Å². The van der Waals surface area contributed by atoms with Crippen LogP contribution in [0.4, 0.5) is 5.13 Å². The molecule has 15 heteroatoms. The van der Waals surface area contributed by atoms with E-state index in [-0.39, 0.29) is 40.2 Å². The lowest BCUT2D eigenvalue weighted by Crippen LogP contribution is -2.71. The second kappa shape index (κ2) is 9.99. The number of carboxylic acids is 1. The van der Waals surface area contributed by atoms with Gasteiger partial charge in [0.2, 0.25) is 0 Å². The number of carbonyl (C=O) groups excluding carboxylic acids is 4. The summed E-state index contributed by atoms with van der Waals surface area (Å²) >= 11 is 2.28. The van der Waals surface area contributed by atoms with Gasteiger partial charge in [0.1, 0.15) is 48.7 Å². The number of aromatic nitrogens is 1. The number of ketones is 1. The highest BCUT2D eigenvalue weighted by Gasteiger charge is 2.54. The Labute approximate surface area is 195 Å². The van der Waals surface area contributed by atoms with Gasteiger partial charge in [0, 0.05) is 16.7 Å². The lowest BCUT2D eigenvalue weighted by atomic mass is 10.0. The molecule has 33 heavy (non-hydrogen) atoms. The van der Waals surface area contributed by atoms with Crippen LogP contribution in [0.5, 0.6) is 0 Å². The highest BCUT2D eigenvalue weighted by Crippen LogP contribution is 2.40. The molecule has 1 aromatic heterocycles. The Morgan fingerprint density at radius 3 is 2.70 bits per heavy atom. The summed E-state index contributed by atoms with van der Waals surface area (Å²) < 4.78 is 4.97. The monoisotopic (exact) mass is 497 g/mol. The maximum atomic E-state index is 12.7. The van der Waals surface area contributed by atoms with Crippen molar-refractivity contribution in [3.63, 3.8) is 0 Å². The van der Waals surface area contributed by atoms with E-state index in [4.69, 9.17) is 15.3 Å². The van der Waals surface area contributed by atoms with Crippen molar-refractivity contribution >= 4 is 63.5 Å². The summed E-state index contributed by atoms with van der Waals surface area (Å²) in [4.78, 5) is 69.6. The molecule has 0 saturated carbocycles. The molecule has 2 aliphatic rings. The molecule has 0 bridgehead atoms. The van der Waals surface area contributed by atoms with Gasteiger partial charge < -0.3 is 25.7 Å². The summed E-state index contributed by atoms with van der Waals surface area (Å²) in [6.45, 7) is 0.855. The van der Waals surface area contributed by atoms with Gasteiger partial charge in [-0.25, -0.2) is 9.78 Å². The zero-order chi connectivity index (χ0) is 24.3. The predicted octanol–water partition coefficient (Wildman–Crippen LogP) is -0.663. The maximum absolute atomic E-state index is 12.7. The van der Waals surface area contributed by atoms with Crippen molar-refractivity contribution in [3.05, 3.63) is 22.3 Å². The molecule has 2 atom stereocenters. The number of hydrogen-bond acceptors (Lipinski definition) is 12. The number of ether oxygens (including phenoxy) is 1. The number of esters is 1. The van der Waals surface area contributed by atoms with Crippen LogP contribution in [0.1, 0.15) is 19.0 Å². The van der Waals surface area contributed by atoms with Crippen LogP contribution in [-0.4, -0.2) is 81.1 Å². The number of anilines is 1. The zero-order valence-electron chi connectivity index (χ0n) is 17.4. The van der Waals surface area contributed by atoms with Gasteiger partial charge in [-0.3, -0.25) is 24.1 Å². The van der Waals surface area contributed by atoms with Gasteiger partial charge in [-0.1, -0.05) is 5.16 Å². The number of fused-ring (bicyclic) bond motifs is 1. The third kappa shape index (κ3) is 5.14. The smallest absolute Gasteiger partial charge is 0.352 e. The summed E-state index contributed by atoms with van der Waals surface area (Å²) in [5.41, 5.74) is 5.46. The molecule has 0 aromatic carbocycles. The molecule has 1 aromatic rings. The lowest BCUT2D eigenvalue weighted by molar-refractivity contribution is -0.150. The number of carboxylic acid groups (broad SMARTS) is 1. The number of nitrogen functional groups attached to an aromatic ring is 1. The Balaban J connectivity index is 1.73. The second-order valence-electron chi connectivity index (χ2n) is 6.85. The molecule has 4 N–H and O–H groups in total. The Hall–Kier alpha value is -3.46. The van der Waals surface area contributed by atoms with E-state index in [1.54, 1.807) is 0 Å². The maximum Gasteiger partial charge on any atom is 0.352 e. The van der Waals surface area contributed by atoms with Crippen molar-refractivity contribution in [1.82, 2.24) is 15.2 Å². The number of thioether (sulfide) groups is 1. The SMILES string of the molecule is CO/N=C(\C(=O)NC1C(=O)N2C(C(=O)O)=C(COC(=O)CC(C)=O)CS[C@@H]12)c1csc(N)n1. The molecular formula is C18H19N5O8S2. The summed E-state index contributed by atoms with van der Waals surface area (Å²) in [5, 5.41) is 16.8. The van der Waals surface area contributed by atoms with Crippen LogP contribution in [0.3, 0.4) is 0 Å². The van der Waals surface area contributed by atoms with E-state index >= 15 is 0 Å². The number of β-lactam (4-membered cyclic amide) rings is 1. The van der Waals surface area contributed by atoms with E-state index in [0.29, 0.717) is 0 Å². The van der Waals surface area contributed by atoms with Crippen LogP contribution < -0.4 is 11.1 Å². The molecular weight excluding hydrogens is 478 g/mol. The lowest BCUT2D eigenvalue weighted by Gasteiger charge is -2.49. The van der Waals surface area contributed by atoms with E-state index in [9.17, 15) is 29.1 Å². The Morgan fingerprint density at radius 2 is 2.12 bits per heavy atom. The first kappa shape index (κ1) is 24.2. The van der Waals surface area contributed by atoms with E-state index in [1.807, 2.05) is 0 Å². The molecule has 1 fully saturated rings. The van der Waals surface area contributed by atoms with Crippen LogP contribution >= 0.6 is 23.1 Å². The average molecular weight is 498 g/mol. The van der Waals surface area contributed by atoms with Crippen LogP contribution in [0.25, 0.3) is 0 Å². The molecule has 1 unspecified atom stereocenters. The van der Waals surface area contributed by atoms with Crippen LogP contribution in [-0.2, 0) is 33.5 Å². The second-order valence-corrected chi connectivity index (χ2v) is 8.85. The molecule has 2 amide bonds. The molecule has 0 spiro atoms. The fraction of sp³-hybridized carbons (Fsp3) is 0.389. The number of nitrogens with two attached hydrogens (primary N) is 1. The minimum absolute atomic E-state index is 0.136. The third-order valence-electron chi connectivity index (χ3n) is 4.50. The molecule has 2 aliphatic heterocycles.